The number of hydrogen-bond donors (Lipinski definition) is 3. The molecule has 0 aromatic heterocycles. The number of carbonyl (C=O) groups is 3. The molecular formula is C15H21N3O3. The van der Waals surface area contributed by atoms with Crippen LogP contribution in [0, 0.1) is 0 Å². The Bertz CT molecular complexity index is 502. The highest BCUT2D eigenvalue weighted by Crippen LogP contribution is 2.11. The predicted molar refractivity (Wildman–Crippen MR) is 79.0 cm³/mol. The van der Waals surface area contributed by atoms with E-state index in [1.807, 2.05) is 37.3 Å². The molecule has 2 atom stereocenters. The van der Waals surface area contributed by atoms with Crippen molar-refractivity contribution in [3.05, 3.63) is 35.9 Å². The van der Waals surface area contributed by atoms with Gasteiger partial charge in [-0.2, -0.15) is 0 Å². The number of amides is 3. The second-order valence-corrected chi connectivity index (χ2v) is 4.89. The van der Waals surface area contributed by atoms with Gasteiger partial charge in [0.1, 0.15) is 6.04 Å². The molecule has 4 N–H and O–H groups in total. The third kappa shape index (κ3) is 6.07. The van der Waals surface area contributed by atoms with Crippen molar-refractivity contribution in [3.8, 4) is 0 Å². The van der Waals surface area contributed by atoms with Crippen LogP contribution in [0.3, 0.4) is 0 Å². The summed E-state index contributed by atoms with van der Waals surface area (Å²) in [7, 11) is 0. The van der Waals surface area contributed by atoms with Gasteiger partial charge in [0.05, 0.1) is 6.04 Å². The largest absolute Gasteiger partial charge is 0.368 e. The molecule has 1 aromatic carbocycles. The van der Waals surface area contributed by atoms with Crippen LogP contribution < -0.4 is 16.4 Å². The Morgan fingerprint density at radius 3 is 2.05 bits per heavy atom. The van der Waals surface area contributed by atoms with E-state index < -0.39 is 11.9 Å². The highest BCUT2D eigenvalue weighted by molar-refractivity contribution is 5.88. The summed E-state index contributed by atoms with van der Waals surface area (Å²) >= 11 is 0. The first kappa shape index (κ1) is 16.7. The molecular weight excluding hydrogens is 270 g/mol. The minimum Gasteiger partial charge on any atom is -0.368 e. The van der Waals surface area contributed by atoms with Gasteiger partial charge in [-0.05, 0) is 19.4 Å². The highest BCUT2D eigenvalue weighted by atomic mass is 16.2. The van der Waals surface area contributed by atoms with E-state index in [9.17, 15) is 14.4 Å². The summed E-state index contributed by atoms with van der Waals surface area (Å²) in [6.07, 6.45) is 0.0828. The van der Waals surface area contributed by atoms with Crippen molar-refractivity contribution in [1.29, 1.82) is 0 Å². The summed E-state index contributed by atoms with van der Waals surface area (Å²) in [5.74, 6) is -1.19. The van der Waals surface area contributed by atoms with Crippen LogP contribution in [0.5, 0.6) is 0 Å². The summed E-state index contributed by atoms with van der Waals surface area (Å²) in [6.45, 7) is 3.38. The fraction of sp³-hybridized carbons (Fsp3) is 0.400. The van der Waals surface area contributed by atoms with Crippen LogP contribution in [0.2, 0.25) is 0 Å². The van der Waals surface area contributed by atoms with Crippen LogP contribution in [0.25, 0.3) is 0 Å². The summed E-state index contributed by atoms with van der Waals surface area (Å²) in [6, 6.07) is 8.70. The third-order valence-electron chi connectivity index (χ3n) is 3.06. The molecule has 0 saturated carbocycles. The molecule has 1 rings (SSSR count). The minimum absolute atomic E-state index is 0.0188. The molecule has 0 fully saturated rings. The Kier molecular flexibility index (Phi) is 6.39. The number of carbonyl (C=O) groups excluding carboxylic acids is 3. The van der Waals surface area contributed by atoms with Crippen molar-refractivity contribution in [2.24, 2.45) is 5.73 Å². The molecule has 0 aliphatic heterocycles. The van der Waals surface area contributed by atoms with Crippen LogP contribution in [0.4, 0.5) is 0 Å². The molecule has 0 aliphatic rings. The zero-order chi connectivity index (χ0) is 15.8. The van der Waals surface area contributed by atoms with Gasteiger partial charge < -0.3 is 16.4 Å². The fourth-order valence-electron chi connectivity index (χ4n) is 1.75. The summed E-state index contributed by atoms with van der Waals surface area (Å²) in [4.78, 5) is 34.1. The molecule has 0 heterocycles. The lowest BCUT2D eigenvalue weighted by Gasteiger charge is -2.14. The maximum Gasteiger partial charge on any atom is 0.239 e. The zero-order valence-corrected chi connectivity index (χ0v) is 12.3. The van der Waals surface area contributed by atoms with Gasteiger partial charge in [-0.1, -0.05) is 30.3 Å². The second-order valence-electron chi connectivity index (χ2n) is 4.89. The Labute approximate surface area is 124 Å². The average Bonchev–Trinajstić information content (AvgIpc) is 2.45. The van der Waals surface area contributed by atoms with E-state index in [-0.39, 0.29) is 30.7 Å². The average molecular weight is 291 g/mol. The molecule has 0 aliphatic carbocycles. The quantitative estimate of drug-likeness (QED) is 0.687. The second kappa shape index (κ2) is 8.04. The zero-order valence-electron chi connectivity index (χ0n) is 12.3. The molecule has 3 amide bonds. The first-order valence-electron chi connectivity index (χ1n) is 6.83. The van der Waals surface area contributed by atoms with E-state index in [0.717, 1.165) is 5.56 Å². The van der Waals surface area contributed by atoms with Crippen molar-refractivity contribution in [2.45, 2.75) is 38.8 Å². The number of nitrogens with one attached hydrogen (secondary N) is 2. The van der Waals surface area contributed by atoms with E-state index >= 15 is 0 Å². The normalized spacial score (nSPS) is 13.0. The third-order valence-corrected chi connectivity index (χ3v) is 3.06. The van der Waals surface area contributed by atoms with Crippen molar-refractivity contribution >= 4 is 17.7 Å². The number of benzene rings is 1. The molecule has 114 valence electrons. The van der Waals surface area contributed by atoms with Crippen molar-refractivity contribution in [1.82, 2.24) is 10.6 Å². The lowest BCUT2D eigenvalue weighted by molar-refractivity contribution is -0.129. The van der Waals surface area contributed by atoms with E-state index in [2.05, 4.69) is 10.6 Å². The Morgan fingerprint density at radius 2 is 1.52 bits per heavy atom. The maximum atomic E-state index is 11.8. The Balaban J connectivity index is 2.34. The monoisotopic (exact) mass is 291 g/mol. The highest BCUT2D eigenvalue weighted by Gasteiger charge is 2.14. The van der Waals surface area contributed by atoms with Crippen molar-refractivity contribution in [3.63, 3.8) is 0 Å². The van der Waals surface area contributed by atoms with Gasteiger partial charge in [-0.15, -0.1) is 0 Å². The van der Waals surface area contributed by atoms with Crippen LogP contribution >= 0.6 is 0 Å². The molecule has 0 unspecified atom stereocenters. The molecule has 0 spiro atoms. The SMILES string of the molecule is C[C@@H](NC(=O)CCC(=O)N[C@H](C)c1ccccc1)C(N)=O. The van der Waals surface area contributed by atoms with Gasteiger partial charge in [0, 0.05) is 12.8 Å². The molecule has 1 aromatic rings. The van der Waals surface area contributed by atoms with Crippen LogP contribution in [0.15, 0.2) is 30.3 Å². The first-order chi connectivity index (χ1) is 9.90. The van der Waals surface area contributed by atoms with E-state index in [0.29, 0.717) is 0 Å². The van der Waals surface area contributed by atoms with Gasteiger partial charge in [0.2, 0.25) is 17.7 Å². The number of primary amides is 1. The van der Waals surface area contributed by atoms with E-state index in [4.69, 9.17) is 5.73 Å². The molecule has 21 heavy (non-hydrogen) atoms. The van der Waals surface area contributed by atoms with E-state index in [1.165, 1.54) is 6.92 Å². The van der Waals surface area contributed by atoms with Crippen molar-refractivity contribution < 1.29 is 14.4 Å². The topological polar surface area (TPSA) is 101 Å². The predicted octanol–water partition coefficient (Wildman–Crippen LogP) is 0.634. The Morgan fingerprint density at radius 1 is 1.00 bits per heavy atom. The molecule has 6 heteroatoms. The summed E-state index contributed by atoms with van der Waals surface area (Å²) in [5, 5.41) is 5.24. The fourth-order valence-corrected chi connectivity index (χ4v) is 1.75. The standard InChI is InChI=1S/C15H21N3O3/c1-10(12-6-4-3-5-7-12)17-13(19)8-9-14(20)18-11(2)15(16)21/h3-7,10-11H,8-9H2,1-2H3,(H2,16,21)(H,17,19)(H,18,20)/t10-,11-/m1/s1. The lowest BCUT2D eigenvalue weighted by Crippen LogP contribution is -2.42. The summed E-state index contributed by atoms with van der Waals surface area (Å²) < 4.78 is 0. The van der Waals surface area contributed by atoms with Gasteiger partial charge in [-0.3, -0.25) is 14.4 Å². The Hall–Kier alpha value is -2.37. The molecule has 0 bridgehead atoms. The molecule has 6 nitrogen and oxygen atoms in total. The molecule has 0 saturated heterocycles. The van der Waals surface area contributed by atoms with Gasteiger partial charge in [-0.25, -0.2) is 0 Å². The molecule has 0 radical (unpaired) electrons. The van der Waals surface area contributed by atoms with Crippen molar-refractivity contribution in [2.75, 3.05) is 0 Å². The summed E-state index contributed by atoms with van der Waals surface area (Å²) in [5.41, 5.74) is 6.04. The van der Waals surface area contributed by atoms with Gasteiger partial charge >= 0.3 is 0 Å². The van der Waals surface area contributed by atoms with Crippen LogP contribution in [0.1, 0.15) is 38.3 Å². The van der Waals surface area contributed by atoms with Gasteiger partial charge in [0.25, 0.3) is 0 Å². The number of rotatable bonds is 7. The smallest absolute Gasteiger partial charge is 0.239 e. The number of nitrogens with two attached hydrogens (primary N) is 1. The van der Waals surface area contributed by atoms with Crippen LogP contribution in [-0.2, 0) is 14.4 Å². The maximum absolute atomic E-state index is 11.8. The first-order valence-corrected chi connectivity index (χ1v) is 6.83. The van der Waals surface area contributed by atoms with Gasteiger partial charge in [0.15, 0.2) is 0 Å². The van der Waals surface area contributed by atoms with E-state index in [1.54, 1.807) is 0 Å². The lowest BCUT2D eigenvalue weighted by atomic mass is 10.1. The van der Waals surface area contributed by atoms with Crippen LogP contribution in [-0.4, -0.2) is 23.8 Å². The minimum atomic E-state index is -0.733. The number of hydrogen-bond acceptors (Lipinski definition) is 3.